The molecule has 6 heteroatoms. The van der Waals surface area contributed by atoms with E-state index < -0.39 is 10.9 Å². The van der Waals surface area contributed by atoms with Crippen LogP contribution in [-0.4, -0.2) is 17.5 Å². The Balaban J connectivity index is 1.84. The highest BCUT2D eigenvalue weighted by Crippen LogP contribution is 2.35. The lowest BCUT2D eigenvalue weighted by Crippen LogP contribution is -2.17. The molecule has 0 fully saturated rings. The molecule has 0 saturated heterocycles. The van der Waals surface area contributed by atoms with Crippen LogP contribution in [0.15, 0.2) is 48.5 Å². The Bertz CT molecular complexity index is 876. The van der Waals surface area contributed by atoms with Crippen LogP contribution < -0.4 is 5.32 Å². The van der Waals surface area contributed by atoms with E-state index in [1.165, 1.54) is 29.3 Å². The molecule has 1 aliphatic rings. The van der Waals surface area contributed by atoms with Crippen molar-refractivity contribution >= 4 is 23.4 Å². The van der Waals surface area contributed by atoms with E-state index in [2.05, 4.69) is 17.4 Å². The summed E-state index contributed by atoms with van der Waals surface area (Å²) < 4.78 is 4.83. The molecule has 0 spiro atoms. The molecule has 27 heavy (non-hydrogen) atoms. The summed E-state index contributed by atoms with van der Waals surface area (Å²) in [4.78, 5) is 22.6. The molecule has 0 aromatic heterocycles. The zero-order valence-corrected chi connectivity index (χ0v) is 15.2. The molecule has 1 N–H and O–H groups in total. The van der Waals surface area contributed by atoms with E-state index in [4.69, 9.17) is 4.74 Å². The van der Waals surface area contributed by atoms with Crippen molar-refractivity contribution in [3.63, 3.8) is 0 Å². The van der Waals surface area contributed by atoms with E-state index in [0.29, 0.717) is 11.3 Å². The van der Waals surface area contributed by atoms with Gasteiger partial charge < -0.3 is 10.1 Å². The summed E-state index contributed by atoms with van der Waals surface area (Å²) in [5, 5.41) is 14.9. The molecule has 2 aromatic rings. The monoisotopic (exact) mass is 366 g/mol. The molecule has 0 amide bonds. The summed E-state index contributed by atoms with van der Waals surface area (Å²) in [6.45, 7) is 2.01. The summed E-state index contributed by atoms with van der Waals surface area (Å²) in [5.74, 6) is -0.471. The van der Waals surface area contributed by atoms with Gasteiger partial charge in [0, 0.05) is 12.1 Å². The number of nitro benzene ring substituents is 1. The number of nitrogens with zero attached hydrogens (tertiary/aromatic N) is 1. The molecular weight excluding hydrogens is 344 g/mol. The number of nitrogens with one attached hydrogen (secondary N) is 1. The van der Waals surface area contributed by atoms with E-state index in [0.717, 1.165) is 19.3 Å². The number of rotatable bonds is 6. The third-order valence-corrected chi connectivity index (χ3v) is 4.62. The number of carbonyl (C=O) groups excluding carboxylic acids is 1. The number of benzene rings is 2. The van der Waals surface area contributed by atoms with Crippen LogP contribution >= 0.6 is 0 Å². The van der Waals surface area contributed by atoms with E-state index in [1.54, 1.807) is 19.1 Å². The Morgan fingerprint density at radius 1 is 1.33 bits per heavy atom. The second kappa shape index (κ2) is 8.49. The van der Waals surface area contributed by atoms with Gasteiger partial charge in [0.25, 0.3) is 5.69 Å². The van der Waals surface area contributed by atoms with Crippen molar-refractivity contribution in [3.8, 4) is 0 Å². The fourth-order valence-corrected chi connectivity index (χ4v) is 3.37. The normalized spacial score (nSPS) is 16.0. The van der Waals surface area contributed by atoms with E-state index in [-0.39, 0.29) is 18.3 Å². The third kappa shape index (κ3) is 4.53. The predicted molar refractivity (Wildman–Crippen MR) is 105 cm³/mol. The molecular formula is C21H22N2O4. The Hall–Kier alpha value is -3.15. The van der Waals surface area contributed by atoms with Crippen molar-refractivity contribution in [1.29, 1.82) is 0 Å². The summed E-state index contributed by atoms with van der Waals surface area (Å²) in [6, 6.07) is 13.2. The average molecular weight is 366 g/mol. The molecule has 3 rings (SSSR count). The van der Waals surface area contributed by atoms with Crippen molar-refractivity contribution in [2.75, 3.05) is 11.9 Å². The lowest BCUT2D eigenvalue weighted by Gasteiger charge is -2.27. The maximum Gasteiger partial charge on any atom is 0.330 e. The Morgan fingerprint density at radius 3 is 2.93 bits per heavy atom. The van der Waals surface area contributed by atoms with Crippen molar-refractivity contribution < 1.29 is 14.5 Å². The number of carbonyl (C=O) groups is 1. The molecule has 0 heterocycles. The summed E-state index contributed by atoms with van der Waals surface area (Å²) in [6.07, 6.45) is 5.80. The molecule has 1 atom stereocenters. The molecule has 140 valence electrons. The highest BCUT2D eigenvalue weighted by molar-refractivity contribution is 5.87. The fourth-order valence-electron chi connectivity index (χ4n) is 3.37. The fraction of sp³-hybridized carbons (Fsp3) is 0.286. The van der Waals surface area contributed by atoms with Crippen LogP contribution in [0.5, 0.6) is 0 Å². The minimum absolute atomic E-state index is 0.0101. The van der Waals surface area contributed by atoms with Crippen molar-refractivity contribution in [1.82, 2.24) is 0 Å². The number of esters is 1. The third-order valence-electron chi connectivity index (χ3n) is 4.62. The quantitative estimate of drug-likeness (QED) is 0.348. The van der Waals surface area contributed by atoms with E-state index in [1.807, 2.05) is 12.1 Å². The van der Waals surface area contributed by atoms with Crippen LogP contribution in [0.3, 0.4) is 0 Å². The van der Waals surface area contributed by atoms with Crippen molar-refractivity contribution in [2.45, 2.75) is 32.2 Å². The number of hydrogen-bond donors (Lipinski definition) is 1. The average Bonchev–Trinajstić information content (AvgIpc) is 2.67. The number of hydrogen-bond acceptors (Lipinski definition) is 5. The number of nitro groups is 1. The van der Waals surface area contributed by atoms with Crippen LogP contribution in [0.2, 0.25) is 0 Å². The largest absolute Gasteiger partial charge is 0.463 e. The van der Waals surface area contributed by atoms with Crippen LogP contribution in [0.1, 0.15) is 42.5 Å². The lowest BCUT2D eigenvalue weighted by molar-refractivity contribution is -0.384. The number of ether oxygens (including phenoxy) is 1. The van der Waals surface area contributed by atoms with Gasteiger partial charge >= 0.3 is 5.97 Å². The van der Waals surface area contributed by atoms with Gasteiger partial charge in [-0.25, -0.2) is 4.79 Å². The molecule has 1 aliphatic carbocycles. The summed E-state index contributed by atoms with van der Waals surface area (Å²) in [5.41, 5.74) is 3.53. The Morgan fingerprint density at radius 2 is 2.15 bits per heavy atom. The van der Waals surface area contributed by atoms with Crippen molar-refractivity contribution in [2.24, 2.45) is 0 Å². The first-order valence-electron chi connectivity index (χ1n) is 9.06. The van der Waals surface area contributed by atoms with Gasteiger partial charge in [-0.05, 0) is 55.0 Å². The smallest absolute Gasteiger partial charge is 0.330 e. The first-order valence-corrected chi connectivity index (χ1v) is 9.06. The molecule has 2 aromatic carbocycles. The molecule has 0 aliphatic heterocycles. The van der Waals surface area contributed by atoms with Crippen molar-refractivity contribution in [3.05, 3.63) is 75.3 Å². The second-order valence-electron chi connectivity index (χ2n) is 6.41. The molecule has 0 saturated carbocycles. The minimum Gasteiger partial charge on any atom is -0.463 e. The predicted octanol–water partition coefficient (Wildman–Crippen LogP) is 4.66. The topological polar surface area (TPSA) is 81.5 Å². The van der Waals surface area contributed by atoms with Gasteiger partial charge in [-0.3, -0.25) is 10.1 Å². The molecule has 0 unspecified atom stereocenters. The zero-order chi connectivity index (χ0) is 19.2. The van der Waals surface area contributed by atoms with Gasteiger partial charge in [-0.1, -0.05) is 30.3 Å². The second-order valence-corrected chi connectivity index (χ2v) is 6.41. The first kappa shape index (κ1) is 18.6. The van der Waals surface area contributed by atoms with E-state index in [9.17, 15) is 14.9 Å². The van der Waals surface area contributed by atoms with Crippen LogP contribution in [0.25, 0.3) is 6.08 Å². The SMILES string of the molecule is CCOC(=O)C=Cc1ccc(N[C@@H]2CCCc3ccccc32)c([N+](=O)[O-])c1. The lowest BCUT2D eigenvalue weighted by atomic mass is 9.87. The van der Waals surface area contributed by atoms with Crippen LogP contribution in [0.4, 0.5) is 11.4 Å². The Labute approximate surface area is 158 Å². The van der Waals surface area contributed by atoms with Gasteiger partial charge in [0.1, 0.15) is 5.69 Å². The van der Waals surface area contributed by atoms with Gasteiger partial charge in [-0.15, -0.1) is 0 Å². The van der Waals surface area contributed by atoms with E-state index >= 15 is 0 Å². The zero-order valence-electron chi connectivity index (χ0n) is 15.2. The van der Waals surface area contributed by atoms with Gasteiger partial charge in [0.2, 0.25) is 0 Å². The summed E-state index contributed by atoms with van der Waals surface area (Å²) >= 11 is 0. The summed E-state index contributed by atoms with van der Waals surface area (Å²) in [7, 11) is 0. The molecule has 0 radical (unpaired) electrons. The number of aryl methyl sites for hydroxylation is 1. The highest BCUT2D eigenvalue weighted by Gasteiger charge is 2.23. The van der Waals surface area contributed by atoms with Gasteiger partial charge in [0.05, 0.1) is 17.6 Å². The molecule has 0 bridgehead atoms. The first-order chi connectivity index (χ1) is 13.1. The number of fused-ring (bicyclic) bond motifs is 1. The number of anilines is 1. The molecule has 6 nitrogen and oxygen atoms in total. The minimum atomic E-state index is -0.471. The highest BCUT2D eigenvalue weighted by atomic mass is 16.6. The maximum absolute atomic E-state index is 11.6. The van der Waals surface area contributed by atoms with Gasteiger partial charge in [0.15, 0.2) is 0 Å². The standard InChI is InChI=1S/C21H22N2O4/c1-2-27-21(24)13-11-15-10-12-19(20(14-15)23(25)26)22-18-9-5-7-16-6-3-4-8-17(16)18/h3-4,6,8,10-14,18,22H,2,5,7,9H2,1H3/t18-/m1/s1. The van der Waals surface area contributed by atoms with Crippen LogP contribution in [-0.2, 0) is 16.0 Å². The van der Waals surface area contributed by atoms with Gasteiger partial charge in [-0.2, -0.15) is 0 Å². The van der Waals surface area contributed by atoms with Crippen LogP contribution in [0, 0.1) is 10.1 Å². The maximum atomic E-state index is 11.6. The Kier molecular flexibility index (Phi) is 5.86.